The Morgan fingerprint density at radius 3 is 2.37 bits per heavy atom. The van der Waals surface area contributed by atoms with E-state index in [0.29, 0.717) is 12.1 Å². The molecule has 0 bridgehead atoms. The largest absolute Gasteiger partial charge is 0.380 e. The van der Waals surface area contributed by atoms with Crippen molar-refractivity contribution in [2.45, 2.75) is 90.2 Å². The second kappa shape index (κ2) is 10.7. The van der Waals surface area contributed by atoms with Gasteiger partial charge in [0.25, 0.3) is 0 Å². The van der Waals surface area contributed by atoms with Gasteiger partial charge in [-0.15, -0.1) is 0 Å². The van der Waals surface area contributed by atoms with Crippen molar-refractivity contribution in [1.82, 2.24) is 5.32 Å². The van der Waals surface area contributed by atoms with Crippen molar-refractivity contribution in [3.8, 4) is 0 Å². The molecule has 1 aliphatic rings. The first kappa shape index (κ1) is 17.0. The summed E-state index contributed by atoms with van der Waals surface area (Å²) in [6.45, 7) is 5.55. The van der Waals surface area contributed by atoms with Gasteiger partial charge in [-0.05, 0) is 31.7 Å². The van der Waals surface area contributed by atoms with Crippen molar-refractivity contribution >= 4 is 0 Å². The van der Waals surface area contributed by atoms with Crippen molar-refractivity contribution in [2.24, 2.45) is 5.92 Å². The summed E-state index contributed by atoms with van der Waals surface area (Å²) in [6, 6.07) is 0.565. The van der Waals surface area contributed by atoms with Crippen molar-refractivity contribution < 1.29 is 4.74 Å². The highest BCUT2D eigenvalue weighted by molar-refractivity contribution is 4.84. The van der Waals surface area contributed by atoms with E-state index in [1.165, 1.54) is 64.2 Å². The molecule has 0 aromatic heterocycles. The molecule has 0 saturated heterocycles. The van der Waals surface area contributed by atoms with Gasteiger partial charge in [-0.1, -0.05) is 58.8 Å². The number of rotatable bonds is 10. The van der Waals surface area contributed by atoms with Crippen LogP contribution in [0.2, 0.25) is 0 Å². The van der Waals surface area contributed by atoms with Crippen LogP contribution in [0.5, 0.6) is 0 Å². The lowest BCUT2D eigenvalue weighted by Crippen LogP contribution is -2.45. The van der Waals surface area contributed by atoms with Gasteiger partial charge in [0, 0.05) is 13.2 Å². The molecule has 0 spiro atoms. The summed E-state index contributed by atoms with van der Waals surface area (Å²) in [4.78, 5) is 0. The number of likely N-dealkylation sites (N-methyl/N-ethyl adjacent to an activating group) is 1. The maximum Gasteiger partial charge on any atom is 0.0752 e. The standard InChI is InChI=1S/C17H35NO/c1-4-6-7-11-14-16(18-5-2)17(19-3)15-12-9-8-10-13-15/h15-18H,4-14H2,1-3H3. The Labute approximate surface area is 120 Å². The van der Waals surface area contributed by atoms with Gasteiger partial charge >= 0.3 is 0 Å². The fourth-order valence-electron chi connectivity index (χ4n) is 3.58. The molecule has 114 valence electrons. The van der Waals surface area contributed by atoms with E-state index in [-0.39, 0.29) is 0 Å². The normalized spacial score (nSPS) is 20.4. The van der Waals surface area contributed by atoms with Gasteiger partial charge < -0.3 is 10.1 Å². The Bertz CT molecular complexity index is 201. The minimum absolute atomic E-state index is 0.432. The molecule has 1 N–H and O–H groups in total. The monoisotopic (exact) mass is 269 g/mol. The first-order valence-corrected chi connectivity index (χ1v) is 8.59. The molecule has 0 heterocycles. The molecule has 2 heteroatoms. The Balaban J connectivity index is 2.44. The number of unbranched alkanes of at least 4 members (excludes halogenated alkanes) is 3. The van der Waals surface area contributed by atoms with E-state index < -0.39 is 0 Å². The quantitative estimate of drug-likeness (QED) is 0.588. The maximum absolute atomic E-state index is 5.90. The van der Waals surface area contributed by atoms with E-state index in [4.69, 9.17) is 4.74 Å². The fourth-order valence-corrected chi connectivity index (χ4v) is 3.58. The number of ether oxygens (including phenoxy) is 1. The van der Waals surface area contributed by atoms with E-state index in [0.717, 1.165) is 12.5 Å². The summed E-state index contributed by atoms with van der Waals surface area (Å²) in [5, 5.41) is 3.68. The topological polar surface area (TPSA) is 21.3 Å². The highest BCUT2D eigenvalue weighted by Gasteiger charge is 2.29. The first-order valence-electron chi connectivity index (χ1n) is 8.59. The molecule has 2 unspecified atom stereocenters. The molecule has 2 atom stereocenters. The van der Waals surface area contributed by atoms with E-state index in [1.807, 2.05) is 7.11 Å². The zero-order chi connectivity index (χ0) is 13.9. The Morgan fingerprint density at radius 2 is 1.79 bits per heavy atom. The van der Waals surface area contributed by atoms with E-state index in [9.17, 15) is 0 Å². The summed E-state index contributed by atoms with van der Waals surface area (Å²) in [6.07, 6.45) is 14.1. The molecule has 0 aromatic carbocycles. The van der Waals surface area contributed by atoms with Gasteiger partial charge in [-0.3, -0.25) is 0 Å². The third-order valence-electron chi connectivity index (χ3n) is 4.62. The molecular formula is C17H35NO. The van der Waals surface area contributed by atoms with Crippen molar-refractivity contribution in [3.05, 3.63) is 0 Å². The molecule has 1 aliphatic carbocycles. The molecule has 19 heavy (non-hydrogen) atoms. The number of methoxy groups -OCH3 is 1. The number of nitrogens with one attached hydrogen (secondary N) is 1. The second-order valence-electron chi connectivity index (χ2n) is 6.11. The third-order valence-corrected chi connectivity index (χ3v) is 4.62. The Morgan fingerprint density at radius 1 is 1.05 bits per heavy atom. The molecule has 1 fully saturated rings. The summed E-state index contributed by atoms with van der Waals surface area (Å²) in [5.41, 5.74) is 0. The van der Waals surface area contributed by atoms with Gasteiger partial charge in [-0.2, -0.15) is 0 Å². The van der Waals surface area contributed by atoms with Crippen molar-refractivity contribution in [1.29, 1.82) is 0 Å². The van der Waals surface area contributed by atoms with Crippen LogP contribution in [0, 0.1) is 5.92 Å². The average molecular weight is 269 g/mol. The zero-order valence-electron chi connectivity index (χ0n) is 13.4. The Hall–Kier alpha value is -0.0800. The first-order chi connectivity index (χ1) is 9.33. The lowest BCUT2D eigenvalue weighted by Gasteiger charge is -2.35. The van der Waals surface area contributed by atoms with Gasteiger partial charge in [-0.25, -0.2) is 0 Å². The summed E-state index contributed by atoms with van der Waals surface area (Å²) < 4.78 is 5.90. The Kier molecular flexibility index (Phi) is 9.54. The lowest BCUT2D eigenvalue weighted by atomic mass is 9.81. The lowest BCUT2D eigenvalue weighted by molar-refractivity contribution is 0.00589. The highest BCUT2D eigenvalue weighted by Crippen LogP contribution is 2.30. The van der Waals surface area contributed by atoms with Crippen LogP contribution in [-0.2, 0) is 4.74 Å². The molecule has 0 aliphatic heterocycles. The minimum Gasteiger partial charge on any atom is -0.380 e. The second-order valence-corrected chi connectivity index (χ2v) is 6.11. The van der Waals surface area contributed by atoms with Crippen molar-refractivity contribution in [2.75, 3.05) is 13.7 Å². The van der Waals surface area contributed by atoms with Crippen LogP contribution in [0.3, 0.4) is 0 Å². The van der Waals surface area contributed by atoms with Crippen LogP contribution in [0.25, 0.3) is 0 Å². The van der Waals surface area contributed by atoms with Crippen LogP contribution >= 0.6 is 0 Å². The average Bonchev–Trinajstić information content (AvgIpc) is 2.45. The summed E-state index contributed by atoms with van der Waals surface area (Å²) in [5.74, 6) is 0.786. The van der Waals surface area contributed by atoms with E-state index >= 15 is 0 Å². The molecule has 1 rings (SSSR count). The van der Waals surface area contributed by atoms with Crippen molar-refractivity contribution in [3.63, 3.8) is 0 Å². The number of hydrogen-bond acceptors (Lipinski definition) is 2. The molecule has 0 aromatic rings. The van der Waals surface area contributed by atoms with Crippen LogP contribution in [0.1, 0.15) is 78.1 Å². The molecule has 0 amide bonds. The summed E-state index contributed by atoms with van der Waals surface area (Å²) >= 11 is 0. The van der Waals surface area contributed by atoms with Crippen LogP contribution in [0.4, 0.5) is 0 Å². The maximum atomic E-state index is 5.90. The van der Waals surface area contributed by atoms with Crippen LogP contribution < -0.4 is 5.32 Å². The predicted molar refractivity (Wildman–Crippen MR) is 83.6 cm³/mol. The van der Waals surface area contributed by atoms with E-state index in [1.54, 1.807) is 0 Å². The van der Waals surface area contributed by atoms with Crippen LogP contribution in [0.15, 0.2) is 0 Å². The smallest absolute Gasteiger partial charge is 0.0752 e. The van der Waals surface area contributed by atoms with Crippen LogP contribution in [-0.4, -0.2) is 25.8 Å². The third kappa shape index (κ3) is 6.27. The molecule has 2 nitrogen and oxygen atoms in total. The van der Waals surface area contributed by atoms with E-state index in [2.05, 4.69) is 19.2 Å². The summed E-state index contributed by atoms with van der Waals surface area (Å²) in [7, 11) is 1.91. The minimum atomic E-state index is 0.432. The predicted octanol–water partition coefficient (Wildman–Crippen LogP) is 4.53. The van der Waals surface area contributed by atoms with Gasteiger partial charge in [0.1, 0.15) is 0 Å². The number of hydrogen-bond donors (Lipinski definition) is 1. The SMILES string of the molecule is CCCCCCC(NCC)C(OC)C1CCCCC1. The van der Waals surface area contributed by atoms with Gasteiger partial charge in [0.15, 0.2) is 0 Å². The molecule has 0 radical (unpaired) electrons. The van der Waals surface area contributed by atoms with Gasteiger partial charge in [0.05, 0.1) is 6.10 Å². The van der Waals surface area contributed by atoms with Gasteiger partial charge in [0.2, 0.25) is 0 Å². The molecule has 1 saturated carbocycles. The highest BCUT2D eigenvalue weighted by atomic mass is 16.5. The molecular weight excluding hydrogens is 234 g/mol. The fraction of sp³-hybridized carbons (Fsp3) is 1.00. The zero-order valence-corrected chi connectivity index (χ0v) is 13.4.